The van der Waals surface area contributed by atoms with E-state index in [0.717, 1.165) is 16.8 Å². The molecule has 0 bridgehead atoms. The Balaban J connectivity index is 2.02. The van der Waals surface area contributed by atoms with Crippen molar-refractivity contribution in [3.63, 3.8) is 0 Å². The third kappa shape index (κ3) is 2.54. The molecule has 0 radical (unpaired) electrons. The van der Waals surface area contributed by atoms with Crippen LogP contribution < -0.4 is 4.90 Å². The lowest BCUT2D eigenvalue weighted by Crippen LogP contribution is -2.45. The van der Waals surface area contributed by atoms with E-state index in [9.17, 15) is 13.2 Å². The van der Waals surface area contributed by atoms with E-state index in [2.05, 4.69) is 15.9 Å². The number of hydrogen-bond donors (Lipinski definition) is 0. The van der Waals surface area contributed by atoms with Crippen molar-refractivity contribution in [2.45, 2.75) is 31.2 Å². The third-order valence-corrected chi connectivity index (χ3v) is 7.46. The van der Waals surface area contributed by atoms with Gasteiger partial charge in [-0.2, -0.15) is 0 Å². The maximum atomic E-state index is 13.4. The van der Waals surface area contributed by atoms with Gasteiger partial charge in [-0.3, -0.25) is 4.79 Å². The number of anilines is 1. The number of nitrogens with zero attached hydrogens (tertiary/aromatic N) is 1. The summed E-state index contributed by atoms with van der Waals surface area (Å²) in [6.45, 7) is 5.41. The first kappa shape index (κ1) is 18.2. The summed E-state index contributed by atoms with van der Waals surface area (Å²) < 4.78 is 27.4. The van der Waals surface area contributed by atoms with E-state index in [1.807, 2.05) is 42.2 Å². The molecule has 0 N–H and O–H groups in total. The molecule has 0 amide bonds. The fourth-order valence-corrected chi connectivity index (χ4v) is 6.04. The van der Waals surface area contributed by atoms with Crippen molar-refractivity contribution in [3.8, 4) is 0 Å². The van der Waals surface area contributed by atoms with Gasteiger partial charge in [0.25, 0.3) is 0 Å². The van der Waals surface area contributed by atoms with Crippen LogP contribution in [0.2, 0.25) is 0 Å². The second kappa shape index (κ2) is 5.91. The summed E-state index contributed by atoms with van der Waals surface area (Å²) >= 11 is 3.51. The summed E-state index contributed by atoms with van der Waals surface area (Å²) in [5, 5.41) is 0. The highest BCUT2D eigenvalue weighted by atomic mass is 79.9. The zero-order valence-corrected chi connectivity index (χ0v) is 17.6. The number of sulfone groups is 1. The molecule has 4 rings (SSSR count). The Labute approximate surface area is 167 Å². The number of halogens is 1. The van der Waals surface area contributed by atoms with E-state index >= 15 is 0 Å². The molecule has 138 valence electrons. The smallest absolute Gasteiger partial charge is 0.212 e. The molecule has 4 nitrogen and oxygen atoms in total. The van der Waals surface area contributed by atoms with Crippen LogP contribution in [0.15, 0.2) is 68.5 Å². The van der Waals surface area contributed by atoms with Gasteiger partial charge >= 0.3 is 0 Å². The van der Waals surface area contributed by atoms with Crippen LogP contribution in [0.1, 0.15) is 25.0 Å². The van der Waals surface area contributed by atoms with Crippen molar-refractivity contribution in [1.82, 2.24) is 0 Å². The average molecular weight is 444 g/mol. The fourth-order valence-electron chi connectivity index (χ4n) is 3.61. The van der Waals surface area contributed by atoms with Gasteiger partial charge in [0, 0.05) is 10.2 Å². The predicted octanol–water partition coefficient (Wildman–Crippen LogP) is 4.60. The molecule has 0 saturated heterocycles. The van der Waals surface area contributed by atoms with Crippen LogP contribution in [-0.4, -0.2) is 19.7 Å². The Bertz CT molecular complexity index is 1140. The number of rotatable bonds is 2. The van der Waals surface area contributed by atoms with Gasteiger partial charge in [-0.15, -0.1) is 0 Å². The monoisotopic (exact) mass is 443 g/mol. The Kier molecular flexibility index (Phi) is 3.98. The fraction of sp³-hybridized carbons (Fsp3) is 0.190. The van der Waals surface area contributed by atoms with Gasteiger partial charge in [0.15, 0.2) is 0 Å². The molecule has 2 aromatic rings. The van der Waals surface area contributed by atoms with Crippen LogP contribution in [0.4, 0.5) is 5.69 Å². The van der Waals surface area contributed by atoms with Gasteiger partial charge in [0.2, 0.25) is 15.6 Å². The summed E-state index contributed by atoms with van der Waals surface area (Å²) in [5.41, 5.74) is 2.11. The highest BCUT2D eigenvalue weighted by Crippen LogP contribution is 2.50. The Morgan fingerprint density at radius 2 is 1.63 bits per heavy atom. The lowest BCUT2D eigenvalue weighted by molar-refractivity contribution is -0.117. The Hall–Kier alpha value is -2.18. The van der Waals surface area contributed by atoms with Gasteiger partial charge in [-0.05, 0) is 66.5 Å². The van der Waals surface area contributed by atoms with E-state index < -0.39 is 21.2 Å². The van der Waals surface area contributed by atoms with Gasteiger partial charge in [-0.1, -0.05) is 35.9 Å². The summed E-state index contributed by atoms with van der Waals surface area (Å²) in [6.07, 6.45) is 1.86. The van der Waals surface area contributed by atoms with Crippen molar-refractivity contribution >= 4 is 43.3 Å². The van der Waals surface area contributed by atoms with E-state index in [4.69, 9.17) is 0 Å². The van der Waals surface area contributed by atoms with Gasteiger partial charge in [-0.25, -0.2) is 8.42 Å². The number of carbonyl (C=O) groups is 1. The van der Waals surface area contributed by atoms with Crippen LogP contribution in [0.25, 0.3) is 6.08 Å². The number of hydrogen-bond acceptors (Lipinski definition) is 4. The molecule has 2 aliphatic rings. The summed E-state index contributed by atoms with van der Waals surface area (Å²) in [5.74, 6) is -0.403. The number of Topliss-reactive ketones (excluding diaryl/α,β-unsaturated/α-hetero) is 1. The number of aryl methyl sites for hydroxylation is 1. The van der Waals surface area contributed by atoms with Gasteiger partial charge in [0.1, 0.15) is 10.4 Å². The Morgan fingerprint density at radius 3 is 2.30 bits per heavy atom. The number of para-hydroxylation sites is 1. The highest BCUT2D eigenvalue weighted by molar-refractivity contribution is 9.12. The van der Waals surface area contributed by atoms with Crippen molar-refractivity contribution in [1.29, 1.82) is 0 Å². The number of allylic oxidation sites excluding steroid dienone is 1. The number of ketones is 1. The molecule has 0 aliphatic carbocycles. The first-order valence-corrected chi connectivity index (χ1v) is 10.8. The molecule has 0 unspecified atom stereocenters. The normalized spacial score (nSPS) is 18.3. The zero-order valence-electron chi connectivity index (χ0n) is 15.2. The van der Waals surface area contributed by atoms with E-state index in [1.165, 1.54) is 0 Å². The minimum Gasteiger partial charge on any atom is -0.326 e. The SMILES string of the molecule is Cc1ccc(S(=O)(=O)C2=C3C(Br)=Cc4ccccc4N3C(C)(C)C2=O)cc1. The minimum atomic E-state index is -3.96. The molecule has 6 heteroatoms. The molecule has 27 heavy (non-hydrogen) atoms. The molecular weight excluding hydrogens is 426 g/mol. The van der Waals surface area contributed by atoms with Gasteiger partial charge in [0.05, 0.1) is 10.6 Å². The molecule has 2 heterocycles. The molecule has 0 spiro atoms. The van der Waals surface area contributed by atoms with E-state index in [0.29, 0.717) is 10.2 Å². The van der Waals surface area contributed by atoms with Crippen molar-refractivity contribution < 1.29 is 13.2 Å². The number of fused-ring (bicyclic) bond motifs is 3. The molecular formula is C21H18BrNO3S. The van der Waals surface area contributed by atoms with Crippen molar-refractivity contribution in [2.75, 3.05) is 4.90 Å². The van der Waals surface area contributed by atoms with Crippen LogP contribution >= 0.6 is 15.9 Å². The van der Waals surface area contributed by atoms with Crippen LogP contribution in [0.3, 0.4) is 0 Å². The first-order chi connectivity index (χ1) is 12.7. The first-order valence-electron chi connectivity index (χ1n) is 8.53. The van der Waals surface area contributed by atoms with Crippen LogP contribution in [0, 0.1) is 6.92 Å². The molecule has 0 aromatic heterocycles. The molecule has 2 aromatic carbocycles. The van der Waals surface area contributed by atoms with Crippen molar-refractivity contribution in [2.24, 2.45) is 0 Å². The quantitative estimate of drug-likeness (QED) is 0.680. The van der Waals surface area contributed by atoms with Crippen LogP contribution in [-0.2, 0) is 14.6 Å². The highest BCUT2D eigenvalue weighted by Gasteiger charge is 2.53. The lowest BCUT2D eigenvalue weighted by atomic mass is 9.97. The third-order valence-electron chi connectivity index (χ3n) is 5.05. The number of benzene rings is 2. The van der Waals surface area contributed by atoms with E-state index in [-0.39, 0.29) is 9.80 Å². The number of carbonyl (C=O) groups excluding carboxylic acids is 1. The van der Waals surface area contributed by atoms with Gasteiger partial charge < -0.3 is 4.90 Å². The maximum absolute atomic E-state index is 13.4. The average Bonchev–Trinajstić information content (AvgIpc) is 2.83. The van der Waals surface area contributed by atoms with E-state index in [1.54, 1.807) is 38.1 Å². The Morgan fingerprint density at radius 1 is 1.00 bits per heavy atom. The molecule has 2 aliphatic heterocycles. The summed E-state index contributed by atoms with van der Waals surface area (Å²) in [6, 6.07) is 14.2. The molecule has 0 fully saturated rings. The molecule has 0 saturated carbocycles. The zero-order chi connectivity index (χ0) is 19.6. The molecule has 0 atom stereocenters. The largest absolute Gasteiger partial charge is 0.326 e. The van der Waals surface area contributed by atoms with Crippen molar-refractivity contribution in [3.05, 3.63) is 74.7 Å². The lowest BCUT2D eigenvalue weighted by Gasteiger charge is -2.37. The predicted molar refractivity (Wildman–Crippen MR) is 110 cm³/mol. The minimum absolute atomic E-state index is 0.126. The topological polar surface area (TPSA) is 54.5 Å². The summed E-state index contributed by atoms with van der Waals surface area (Å²) in [7, 11) is -3.96. The second-order valence-electron chi connectivity index (χ2n) is 7.27. The standard InChI is InChI=1S/C21H18BrNO3S/c1-13-8-10-15(11-9-13)27(25,26)19-18-16(22)12-14-6-4-5-7-17(14)23(18)21(2,3)20(19)24/h4-12H,1-3H3. The summed E-state index contributed by atoms with van der Waals surface area (Å²) in [4.78, 5) is 15.1. The maximum Gasteiger partial charge on any atom is 0.212 e. The second-order valence-corrected chi connectivity index (χ2v) is 10.0. The van der Waals surface area contributed by atoms with Crippen LogP contribution in [0.5, 0.6) is 0 Å².